The summed E-state index contributed by atoms with van der Waals surface area (Å²) in [5.74, 6) is 0. The summed E-state index contributed by atoms with van der Waals surface area (Å²) in [6.07, 6.45) is 1.25. The van der Waals surface area contributed by atoms with Crippen LogP contribution in [0.1, 0.15) is 25.8 Å². The molecule has 0 radical (unpaired) electrons. The fraction of sp³-hybridized carbons (Fsp3) is 0.625. The fourth-order valence-electron chi connectivity index (χ4n) is 3.19. The first-order valence-electron chi connectivity index (χ1n) is 7.61. The molecule has 0 saturated carbocycles. The molecule has 1 atom stereocenters. The van der Waals surface area contributed by atoms with Crippen LogP contribution in [0.3, 0.4) is 0 Å². The Bertz CT molecular complexity index is 432. The molecule has 1 N–H and O–H groups in total. The van der Waals surface area contributed by atoms with Crippen LogP contribution in [0.15, 0.2) is 18.2 Å². The summed E-state index contributed by atoms with van der Waals surface area (Å²) in [7, 11) is 1.98. The van der Waals surface area contributed by atoms with Crippen LogP contribution in [-0.2, 0) is 6.54 Å². The molecule has 112 valence electrons. The number of hydrogen-bond donors (Lipinski definition) is 1. The van der Waals surface area contributed by atoms with Crippen LogP contribution >= 0.6 is 11.6 Å². The summed E-state index contributed by atoms with van der Waals surface area (Å²) in [5.41, 5.74) is 2.62. The van der Waals surface area contributed by atoms with E-state index in [9.17, 15) is 0 Å². The number of benzene rings is 1. The van der Waals surface area contributed by atoms with Gasteiger partial charge in [0.15, 0.2) is 0 Å². The molecule has 0 spiro atoms. The van der Waals surface area contributed by atoms with E-state index in [-0.39, 0.29) is 0 Å². The summed E-state index contributed by atoms with van der Waals surface area (Å²) in [6.45, 7) is 9.90. The molecule has 1 heterocycles. The molecular weight excluding hydrogens is 270 g/mol. The van der Waals surface area contributed by atoms with Crippen LogP contribution in [0.5, 0.6) is 0 Å². The lowest BCUT2D eigenvalue weighted by Crippen LogP contribution is -2.37. The summed E-state index contributed by atoms with van der Waals surface area (Å²) in [5, 5.41) is 4.05. The highest BCUT2D eigenvalue weighted by molar-refractivity contribution is 6.30. The lowest BCUT2D eigenvalue weighted by Gasteiger charge is -2.27. The van der Waals surface area contributed by atoms with Crippen molar-refractivity contribution < 1.29 is 0 Å². The Balaban J connectivity index is 2.13. The molecule has 1 aliphatic rings. The summed E-state index contributed by atoms with van der Waals surface area (Å²) >= 11 is 6.13. The summed E-state index contributed by atoms with van der Waals surface area (Å²) in [6, 6.07) is 6.93. The fourth-order valence-corrected chi connectivity index (χ4v) is 3.39. The Morgan fingerprint density at radius 2 is 2.10 bits per heavy atom. The normalized spacial score (nSPS) is 19.1. The van der Waals surface area contributed by atoms with Gasteiger partial charge in [0.2, 0.25) is 0 Å². The zero-order valence-corrected chi connectivity index (χ0v) is 13.6. The van der Waals surface area contributed by atoms with Gasteiger partial charge in [0, 0.05) is 36.4 Å². The number of nitrogens with one attached hydrogen (secondary N) is 1. The molecule has 1 aliphatic heterocycles. The molecule has 4 heteroatoms. The van der Waals surface area contributed by atoms with Gasteiger partial charge in [-0.3, -0.25) is 4.90 Å². The highest BCUT2D eigenvalue weighted by Crippen LogP contribution is 2.28. The van der Waals surface area contributed by atoms with Crippen molar-refractivity contribution in [1.29, 1.82) is 0 Å². The van der Waals surface area contributed by atoms with Crippen molar-refractivity contribution in [3.8, 4) is 0 Å². The minimum Gasteiger partial charge on any atom is -0.370 e. The average Bonchev–Trinajstić information content (AvgIpc) is 2.90. The van der Waals surface area contributed by atoms with Crippen molar-refractivity contribution in [1.82, 2.24) is 10.2 Å². The molecule has 0 bridgehead atoms. The molecule has 1 aromatic carbocycles. The van der Waals surface area contributed by atoms with Crippen LogP contribution in [-0.4, -0.2) is 44.2 Å². The Labute approximate surface area is 127 Å². The Morgan fingerprint density at radius 3 is 2.75 bits per heavy atom. The maximum absolute atomic E-state index is 6.13. The number of likely N-dealkylation sites (N-methyl/N-ethyl adjacent to an activating group) is 1. The van der Waals surface area contributed by atoms with E-state index < -0.39 is 0 Å². The van der Waals surface area contributed by atoms with Crippen molar-refractivity contribution in [3.63, 3.8) is 0 Å². The minimum absolute atomic E-state index is 0.683. The second kappa shape index (κ2) is 7.30. The van der Waals surface area contributed by atoms with E-state index >= 15 is 0 Å². The van der Waals surface area contributed by atoms with E-state index in [1.54, 1.807) is 0 Å². The molecule has 3 nitrogen and oxygen atoms in total. The number of halogens is 1. The van der Waals surface area contributed by atoms with E-state index in [1.165, 1.54) is 17.7 Å². The first-order valence-corrected chi connectivity index (χ1v) is 7.99. The second-order valence-electron chi connectivity index (χ2n) is 5.41. The molecule has 1 fully saturated rings. The van der Waals surface area contributed by atoms with Crippen LogP contribution in [0.2, 0.25) is 5.02 Å². The van der Waals surface area contributed by atoms with Gasteiger partial charge in [-0.05, 0) is 50.3 Å². The van der Waals surface area contributed by atoms with E-state index in [0.29, 0.717) is 6.04 Å². The SMILES string of the molecule is CCN(CC)C1CCN(c2ccc(Cl)cc2CNC)C1. The summed E-state index contributed by atoms with van der Waals surface area (Å²) < 4.78 is 0. The second-order valence-corrected chi connectivity index (χ2v) is 5.85. The number of nitrogens with zero attached hydrogens (tertiary/aromatic N) is 2. The zero-order chi connectivity index (χ0) is 14.5. The predicted molar refractivity (Wildman–Crippen MR) is 87.8 cm³/mol. The quantitative estimate of drug-likeness (QED) is 0.870. The largest absolute Gasteiger partial charge is 0.370 e. The lowest BCUT2D eigenvalue weighted by atomic mass is 10.1. The average molecular weight is 296 g/mol. The first-order chi connectivity index (χ1) is 9.69. The third kappa shape index (κ3) is 3.46. The standard InChI is InChI=1S/C16H26ClN3/c1-4-19(5-2)15-8-9-20(12-15)16-7-6-14(17)10-13(16)11-18-3/h6-7,10,15,18H,4-5,8-9,11-12H2,1-3H3. The highest BCUT2D eigenvalue weighted by Gasteiger charge is 2.27. The monoisotopic (exact) mass is 295 g/mol. The smallest absolute Gasteiger partial charge is 0.0413 e. The van der Waals surface area contributed by atoms with E-state index in [2.05, 4.69) is 41.1 Å². The number of anilines is 1. The Kier molecular flexibility index (Phi) is 5.70. The van der Waals surface area contributed by atoms with Gasteiger partial charge in [-0.2, -0.15) is 0 Å². The van der Waals surface area contributed by atoms with Gasteiger partial charge in [-0.1, -0.05) is 25.4 Å². The van der Waals surface area contributed by atoms with Crippen LogP contribution in [0.4, 0.5) is 5.69 Å². The van der Waals surface area contributed by atoms with Crippen molar-refractivity contribution in [3.05, 3.63) is 28.8 Å². The minimum atomic E-state index is 0.683. The number of hydrogen-bond acceptors (Lipinski definition) is 3. The Hall–Kier alpha value is -0.770. The highest BCUT2D eigenvalue weighted by atomic mass is 35.5. The molecule has 2 rings (SSSR count). The van der Waals surface area contributed by atoms with Gasteiger partial charge in [0.05, 0.1) is 0 Å². The number of rotatable bonds is 6. The predicted octanol–water partition coefficient (Wildman–Crippen LogP) is 2.98. The van der Waals surface area contributed by atoms with Gasteiger partial charge in [0.25, 0.3) is 0 Å². The van der Waals surface area contributed by atoms with Crippen LogP contribution in [0.25, 0.3) is 0 Å². The maximum Gasteiger partial charge on any atom is 0.0413 e. The van der Waals surface area contributed by atoms with E-state index in [1.807, 2.05) is 13.1 Å². The molecular formula is C16H26ClN3. The molecule has 1 unspecified atom stereocenters. The van der Waals surface area contributed by atoms with Crippen molar-refractivity contribution in [2.24, 2.45) is 0 Å². The van der Waals surface area contributed by atoms with Gasteiger partial charge < -0.3 is 10.2 Å². The van der Waals surface area contributed by atoms with Crippen molar-refractivity contribution in [2.75, 3.05) is 38.1 Å². The van der Waals surface area contributed by atoms with Crippen LogP contribution in [0, 0.1) is 0 Å². The first kappa shape index (κ1) is 15.6. The zero-order valence-electron chi connectivity index (χ0n) is 12.8. The van der Waals surface area contributed by atoms with Crippen LogP contribution < -0.4 is 10.2 Å². The van der Waals surface area contributed by atoms with Crippen molar-refractivity contribution in [2.45, 2.75) is 32.9 Å². The Morgan fingerprint density at radius 1 is 1.35 bits per heavy atom. The van der Waals surface area contributed by atoms with Gasteiger partial charge >= 0.3 is 0 Å². The molecule has 1 aromatic rings. The lowest BCUT2D eigenvalue weighted by molar-refractivity contribution is 0.232. The van der Waals surface area contributed by atoms with E-state index in [0.717, 1.165) is 37.7 Å². The third-order valence-corrected chi connectivity index (χ3v) is 4.48. The third-order valence-electron chi connectivity index (χ3n) is 4.24. The topological polar surface area (TPSA) is 18.5 Å². The molecule has 20 heavy (non-hydrogen) atoms. The molecule has 0 aliphatic carbocycles. The summed E-state index contributed by atoms with van der Waals surface area (Å²) in [4.78, 5) is 5.07. The van der Waals surface area contributed by atoms with Gasteiger partial charge in [-0.15, -0.1) is 0 Å². The maximum atomic E-state index is 6.13. The van der Waals surface area contributed by atoms with Crippen molar-refractivity contribution >= 4 is 17.3 Å². The van der Waals surface area contributed by atoms with Gasteiger partial charge in [-0.25, -0.2) is 0 Å². The molecule has 0 amide bonds. The molecule has 0 aromatic heterocycles. The molecule has 1 saturated heterocycles. The van der Waals surface area contributed by atoms with Gasteiger partial charge in [0.1, 0.15) is 0 Å². The van der Waals surface area contributed by atoms with E-state index in [4.69, 9.17) is 11.6 Å².